The van der Waals surface area contributed by atoms with Gasteiger partial charge in [0.2, 0.25) is 0 Å². The van der Waals surface area contributed by atoms with E-state index in [4.69, 9.17) is 8.92 Å². The molecule has 0 N–H and O–H groups in total. The summed E-state index contributed by atoms with van der Waals surface area (Å²) < 4.78 is 37.9. The number of aromatic nitrogens is 1. The van der Waals surface area contributed by atoms with E-state index < -0.39 is 10.1 Å². The number of ether oxygens (including phenoxy) is 1. The Bertz CT molecular complexity index is 1140. The largest absolute Gasteiger partial charge is 0.492 e. The summed E-state index contributed by atoms with van der Waals surface area (Å²) in [5.41, 5.74) is 3.24. The number of benzene rings is 2. The summed E-state index contributed by atoms with van der Waals surface area (Å²) in [4.78, 5) is 4.51. The van der Waals surface area contributed by atoms with Gasteiger partial charge in [-0.15, -0.1) is 0 Å². The SMILES string of the molecule is CCCOc1cc(C)c(C(C)C)cc1S(=O)(=O)Oc1cccc2ccc(C)nc12. The zero-order valence-corrected chi connectivity index (χ0v) is 18.3. The molecular formula is C23H27NO4S. The molecule has 0 aliphatic rings. The zero-order valence-electron chi connectivity index (χ0n) is 17.5. The molecule has 0 aliphatic carbocycles. The lowest BCUT2D eigenvalue weighted by Crippen LogP contribution is -2.14. The minimum atomic E-state index is -4.12. The molecule has 0 atom stereocenters. The van der Waals surface area contributed by atoms with E-state index in [0.29, 0.717) is 17.9 Å². The van der Waals surface area contributed by atoms with Gasteiger partial charge in [0.1, 0.15) is 16.2 Å². The van der Waals surface area contributed by atoms with Crippen LogP contribution in [0.3, 0.4) is 0 Å². The lowest BCUT2D eigenvalue weighted by atomic mass is 9.98. The maximum Gasteiger partial charge on any atom is 0.343 e. The molecular weight excluding hydrogens is 386 g/mol. The molecule has 0 saturated carbocycles. The Morgan fingerprint density at radius 1 is 1.03 bits per heavy atom. The van der Waals surface area contributed by atoms with Gasteiger partial charge in [-0.05, 0) is 61.6 Å². The summed E-state index contributed by atoms with van der Waals surface area (Å²) in [7, 11) is -4.12. The highest BCUT2D eigenvalue weighted by Crippen LogP contribution is 2.34. The molecule has 0 unspecified atom stereocenters. The number of aryl methyl sites for hydroxylation is 2. The molecule has 154 valence electrons. The van der Waals surface area contributed by atoms with Gasteiger partial charge in [-0.2, -0.15) is 8.42 Å². The summed E-state index contributed by atoms with van der Waals surface area (Å²) >= 11 is 0. The Hall–Kier alpha value is -2.60. The van der Waals surface area contributed by atoms with Gasteiger partial charge in [-0.25, -0.2) is 4.98 Å². The van der Waals surface area contributed by atoms with Gasteiger partial charge in [-0.1, -0.05) is 39.0 Å². The summed E-state index contributed by atoms with van der Waals surface area (Å²) in [6, 6.07) is 12.5. The van der Waals surface area contributed by atoms with Crippen molar-refractivity contribution in [3.63, 3.8) is 0 Å². The second-order valence-corrected chi connectivity index (χ2v) is 8.99. The molecule has 1 heterocycles. The van der Waals surface area contributed by atoms with E-state index in [1.807, 2.05) is 52.8 Å². The van der Waals surface area contributed by atoms with E-state index in [1.54, 1.807) is 24.3 Å². The molecule has 3 rings (SSSR count). The van der Waals surface area contributed by atoms with Crippen molar-refractivity contribution in [2.75, 3.05) is 6.61 Å². The van der Waals surface area contributed by atoms with Crippen molar-refractivity contribution < 1.29 is 17.3 Å². The summed E-state index contributed by atoms with van der Waals surface area (Å²) in [5, 5.41) is 0.817. The monoisotopic (exact) mass is 413 g/mol. The van der Waals surface area contributed by atoms with Gasteiger partial charge in [0.25, 0.3) is 0 Å². The van der Waals surface area contributed by atoms with Crippen molar-refractivity contribution in [3.8, 4) is 11.5 Å². The smallest absolute Gasteiger partial charge is 0.343 e. The molecule has 0 saturated heterocycles. The van der Waals surface area contributed by atoms with Gasteiger partial charge in [0.05, 0.1) is 6.61 Å². The third-order valence-corrected chi connectivity index (χ3v) is 5.96. The molecule has 0 radical (unpaired) electrons. The van der Waals surface area contributed by atoms with E-state index in [-0.39, 0.29) is 16.6 Å². The molecule has 1 aromatic heterocycles. The average Bonchev–Trinajstić information content (AvgIpc) is 2.66. The van der Waals surface area contributed by atoms with Crippen LogP contribution in [0.2, 0.25) is 0 Å². The van der Waals surface area contributed by atoms with Crippen LogP contribution in [0, 0.1) is 13.8 Å². The average molecular weight is 414 g/mol. The summed E-state index contributed by atoms with van der Waals surface area (Å²) in [6.07, 6.45) is 0.776. The van der Waals surface area contributed by atoms with Crippen LogP contribution in [-0.2, 0) is 10.1 Å². The van der Waals surface area contributed by atoms with E-state index in [9.17, 15) is 8.42 Å². The maximum absolute atomic E-state index is 13.3. The predicted molar refractivity (Wildman–Crippen MR) is 115 cm³/mol. The molecule has 0 aliphatic heterocycles. The highest BCUT2D eigenvalue weighted by Gasteiger charge is 2.25. The molecule has 0 spiro atoms. The van der Waals surface area contributed by atoms with Gasteiger partial charge in [0, 0.05) is 11.1 Å². The van der Waals surface area contributed by atoms with Crippen molar-refractivity contribution >= 4 is 21.0 Å². The van der Waals surface area contributed by atoms with Crippen LogP contribution < -0.4 is 8.92 Å². The van der Waals surface area contributed by atoms with Crippen LogP contribution in [0.5, 0.6) is 11.5 Å². The molecule has 3 aromatic rings. The Balaban J connectivity index is 2.12. The number of rotatable bonds is 7. The van der Waals surface area contributed by atoms with Crippen molar-refractivity contribution in [2.24, 2.45) is 0 Å². The highest BCUT2D eigenvalue weighted by atomic mass is 32.2. The number of para-hydroxylation sites is 1. The van der Waals surface area contributed by atoms with Crippen LogP contribution in [0.15, 0.2) is 47.4 Å². The number of hydrogen-bond donors (Lipinski definition) is 0. The fraction of sp³-hybridized carbons (Fsp3) is 0.348. The van der Waals surface area contributed by atoms with Gasteiger partial charge in [0.15, 0.2) is 5.75 Å². The number of nitrogens with zero attached hydrogens (tertiary/aromatic N) is 1. The first-order valence-corrected chi connectivity index (χ1v) is 11.2. The van der Waals surface area contributed by atoms with E-state index in [1.165, 1.54) is 0 Å². The van der Waals surface area contributed by atoms with Crippen LogP contribution >= 0.6 is 0 Å². The second-order valence-electron chi connectivity index (χ2n) is 7.48. The van der Waals surface area contributed by atoms with Gasteiger partial charge in [-0.3, -0.25) is 0 Å². The topological polar surface area (TPSA) is 65.5 Å². The molecule has 0 amide bonds. The first kappa shape index (κ1) is 21.1. The predicted octanol–water partition coefficient (Wildman–Crippen LogP) is 5.53. The number of pyridine rings is 1. The van der Waals surface area contributed by atoms with Crippen LogP contribution in [0.1, 0.15) is 49.9 Å². The van der Waals surface area contributed by atoms with Crippen molar-refractivity contribution in [1.82, 2.24) is 4.98 Å². The fourth-order valence-corrected chi connectivity index (χ4v) is 4.36. The minimum absolute atomic E-state index is 0.0462. The van der Waals surface area contributed by atoms with Gasteiger partial charge < -0.3 is 8.92 Å². The zero-order chi connectivity index (χ0) is 21.2. The maximum atomic E-state index is 13.3. The summed E-state index contributed by atoms with van der Waals surface area (Å²) in [5.74, 6) is 0.698. The van der Waals surface area contributed by atoms with Crippen LogP contribution in [-0.4, -0.2) is 20.0 Å². The Morgan fingerprint density at radius 3 is 2.48 bits per heavy atom. The Labute approximate surface area is 172 Å². The minimum Gasteiger partial charge on any atom is -0.492 e. The van der Waals surface area contributed by atoms with E-state index in [2.05, 4.69) is 4.98 Å². The Kier molecular flexibility index (Phi) is 6.13. The lowest BCUT2D eigenvalue weighted by molar-refractivity contribution is 0.307. The van der Waals surface area contributed by atoms with Gasteiger partial charge >= 0.3 is 10.1 Å². The molecule has 0 fully saturated rings. The quantitative estimate of drug-likeness (QED) is 0.476. The normalized spacial score (nSPS) is 11.8. The lowest BCUT2D eigenvalue weighted by Gasteiger charge is -2.17. The molecule has 6 heteroatoms. The van der Waals surface area contributed by atoms with Crippen LogP contribution in [0.4, 0.5) is 0 Å². The van der Waals surface area contributed by atoms with Crippen molar-refractivity contribution in [2.45, 2.75) is 51.9 Å². The van der Waals surface area contributed by atoms with Crippen molar-refractivity contribution in [1.29, 1.82) is 0 Å². The molecule has 0 bridgehead atoms. The highest BCUT2D eigenvalue weighted by molar-refractivity contribution is 7.87. The summed E-state index contributed by atoms with van der Waals surface area (Å²) in [6.45, 7) is 10.3. The van der Waals surface area contributed by atoms with E-state index in [0.717, 1.165) is 28.6 Å². The first-order chi connectivity index (χ1) is 13.7. The molecule has 5 nitrogen and oxygen atoms in total. The second kappa shape index (κ2) is 8.41. The van der Waals surface area contributed by atoms with Crippen molar-refractivity contribution in [3.05, 3.63) is 59.3 Å². The number of fused-ring (bicyclic) bond motifs is 1. The third kappa shape index (κ3) is 4.53. The third-order valence-electron chi connectivity index (χ3n) is 4.71. The Morgan fingerprint density at radius 2 is 1.79 bits per heavy atom. The van der Waals surface area contributed by atoms with E-state index >= 15 is 0 Å². The molecule has 29 heavy (non-hydrogen) atoms. The first-order valence-electron chi connectivity index (χ1n) is 9.81. The standard InChI is InChI=1S/C23H27NO4S/c1-6-12-27-21-13-16(4)19(15(2)3)14-22(21)29(25,26)28-20-9-7-8-18-11-10-17(5)24-23(18)20/h7-11,13-15H,6,12H2,1-5H3. The fourth-order valence-electron chi connectivity index (χ4n) is 3.27. The molecule has 2 aromatic carbocycles. The van der Waals surface area contributed by atoms with Crippen LogP contribution in [0.25, 0.3) is 10.9 Å². The number of hydrogen-bond acceptors (Lipinski definition) is 5.